The number of nitrogens with zero attached hydrogens (tertiary/aromatic N) is 1. The van der Waals surface area contributed by atoms with Crippen LogP contribution in [0.15, 0.2) is 17.9 Å². The molecule has 2 rings (SSSR count). The van der Waals surface area contributed by atoms with Crippen molar-refractivity contribution in [1.29, 1.82) is 0 Å². The fourth-order valence-electron chi connectivity index (χ4n) is 4.43. The van der Waals surface area contributed by atoms with Crippen LogP contribution in [0.2, 0.25) is 0 Å². The van der Waals surface area contributed by atoms with Gasteiger partial charge in [-0.1, -0.05) is 52.3 Å². The number of carbonyl (C=O) groups is 2. The number of amides is 1. The van der Waals surface area contributed by atoms with Gasteiger partial charge in [-0.25, -0.2) is 4.79 Å². The van der Waals surface area contributed by atoms with Crippen LogP contribution in [-0.4, -0.2) is 33.8 Å². The molecule has 1 aromatic carbocycles. The van der Waals surface area contributed by atoms with Crippen molar-refractivity contribution < 1.29 is 19.1 Å². The molecule has 1 heterocycles. The molecule has 172 valence electrons. The Morgan fingerprint density at radius 1 is 1.06 bits per heavy atom. The van der Waals surface area contributed by atoms with E-state index in [2.05, 4.69) is 12.1 Å². The third-order valence-electron chi connectivity index (χ3n) is 5.61. The first-order chi connectivity index (χ1) is 14.3. The van der Waals surface area contributed by atoms with Gasteiger partial charge in [0.1, 0.15) is 11.6 Å². The quantitative estimate of drug-likeness (QED) is 0.355. The summed E-state index contributed by atoms with van der Waals surface area (Å²) in [5, 5.41) is 0. The minimum Gasteiger partial charge on any atom is -0.430 e. The van der Waals surface area contributed by atoms with Crippen LogP contribution in [0.25, 0.3) is 5.57 Å². The van der Waals surface area contributed by atoms with E-state index in [1.165, 1.54) is 11.9 Å². The van der Waals surface area contributed by atoms with Gasteiger partial charge in [-0.05, 0) is 75.1 Å². The molecule has 0 N–H and O–H groups in total. The first kappa shape index (κ1) is 25.3. The number of rotatable bonds is 7. The van der Waals surface area contributed by atoms with Gasteiger partial charge in [0.25, 0.3) is 5.91 Å². The highest BCUT2D eigenvalue weighted by Crippen LogP contribution is 2.46. The van der Waals surface area contributed by atoms with Gasteiger partial charge in [0.2, 0.25) is 0 Å². The minimum atomic E-state index is -0.791. The lowest BCUT2D eigenvalue weighted by Gasteiger charge is -2.32. The van der Waals surface area contributed by atoms with E-state index < -0.39 is 11.7 Å². The number of aryl methyl sites for hydroxylation is 3. The molecular formula is C25H37NO4S. The highest BCUT2D eigenvalue weighted by atomic mass is 32.2. The summed E-state index contributed by atoms with van der Waals surface area (Å²) in [7, 11) is 0. The normalized spacial score (nSPS) is 16.2. The van der Waals surface area contributed by atoms with Crippen molar-refractivity contribution in [3.8, 4) is 0 Å². The summed E-state index contributed by atoms with van der Waals surface area (Å²) >= 11 is 1.43. The van der Waals surface area contributed by atoms with Crippen molar-refractivity contribution >= 4 is 29.6 Å². The fourth-order valence-corrected chi connectivity index (χ4v) is 5.30. The highest BCUT2D eigenvalue weighted by molar-refractivity contribution is 7.97. The molecule has 1 amide bonds. The SMILES string of the molecule is CCSN1C(=O)C(c2c(C)cc(C)cc2C)=C(OC(=O)OC(C(C)C)C(C)C)C1(C)C. The molecule has 0 saturated heterocycles. The second-order valence-corrected chi connectivity index (χ2v) is 10.7. The number of hydrogen-bond acceptors (Lipinski definition) is 5. The van der Waals surface area contributed by atoms with Gasteiger partial charge in [-0.15, -0.1) is 0 Å². The summed E-state index contributed by atoms with van der Waals surface area (Å²) < 4.78 is 13.3. The molecule has 6 heteroatoms. The van der Waals surface area contributed by atoms with Crippen LogP contribution in [0.3, 0.4) is 0 Å². The van der Waals surface area contributed by atoms with Crippen LogP contribution in [0.5, 0.6) is 0 Å². The van der Waals surface area contributed by atoms with Crippen LogP contribution in [-0.2, 0) is 14.3 Å². The molecule has 0 spiro atoms. The van der Waals surface area contributed by atoms with E-state index in [4.69, 9.17) is 9.47 Å². The van der Waals surface area contributed by atoms with Crippen molar-refractivity contribution in [2.75, 3.05) is 5.75 Å². The van der Waals surface area contributed by atoms with Crippen LogP contribution in [0.1, 0.15) is 70.7 Å². The molecule has 5 nitrogen and oxygen atoms in total. The lowest BCUT2D eigenvalue weighted by molar-refractivity contribution is -0.121. The summed E-state index contributed by atoms with van der Waals surface area (Å²) in [6.07, 6.45) is -1.02. The van der Waals surface area contributed by atoms with Gasteiger partial charge in [0.05, 0.1) is 5.57 Å². The average molecular weight is 448 g/mol. The Bertz CT molecular complexity index is 855. The molecule has 1 aliphatic heterocycles. The highest BCUT2D eigenvalue weighted by Gasteiger charge is 2.49. The summed E-state index contributed by atoms with van der Waals surface area (Å²) in [6, 6.07) is 4.10. The second-order valence-electron chi connectivity index (χ2n) is 9.48. The molecule has 0 radical (unpaired) electrons. The zero-order valence-corrected chi connectivity index (χ0v) is 21.4. The summed E-state index contributed by atoms with van der Waals surface area (Å²) in [5.41, 5.74) is 3.58. The Labute approximate surface area is 191 Å². The van der Waals surface area contributed by atoms with Crippen molar-refractivity contribution in [3.05, 3.63) is 40.1 Å². The topological polar surface area (TPSA) is 55.8 Å². The average Bonchev–Trinajstić information content (AvgIpc) is 2.80. The maximum absolute atomic E-state index is 13.5. The van der Waals surface area contributed by atoms with E-state index in [1.54, 1.807) is 4.31 Å². The van der Waals surface area contributed by atoms with Crippen molar-refractivity contribution in [2.24, 2.45) is 11.8 Å². The minimum absolute atomic E-state index is 0.140. The second kappa shape index (κ2) is 9.68. The maximum atomic E-state index is 13.5. The first-order valence-electron chi connectivity index (χ1n) is 11.0. The number of carbonyl (C=O) groups excluding carboxylic acids is 2. The van der Waals surface area contributed by atoms with Gasteiger partial charge in [0, 0.05) is 5.75 Å². The van der Waals surface area contributed by atoms with Crippen LogP contribution in [0.4, 0.5) is 4.79 Å². The Hall–Kier alpha value is -1.95. The van der Waals surface area contributed by atoms with Crippen LogP contribution >= 0.6 is 11.9 Å². The standard InChI is InChI=1S/C25H37NO4S/c1-11-31-26-23(27)20(19-17(7)12-16(6)13-18(19)8)22(25(26,9)10)30-24(28)29-21(14(2)3)15(4)5/h12-15,21H,11H2,1-10H3. The zero-order valence-electron chi connectivity index (χ0n) is 20.6. The van der Waals surface area contributed by atoms with Gasteiger partial charge < -0.3 is 9.47 Å². The zero-order chi connectivity index (χ0) is 23.7. The van der Waals surface area contributed by atoms with E-state index >= 15 is 0 Å². The van der Waals surface area contributed by atoms with E-state index in [1.807, 2.05) is 69.2 Å². The number of benzene rings is 1. The summed E-state index contributed by atoms with van der Waals surface area (Å²) in [5.74, 6) is 1.26. The van der Waals surface area contributed by atoms with E-state index in [0.717, 1.165) is 28.0 Å². The summed E-state index contributed by atoms with van der Waals surface area (Å²) in [4.78, 5) is 26.4. The molecule has 0 aromatic heterocycles. The Kier molecular flexibility index (Phi) is 7.90. The molecule has 31 heavy (non-hydrogen) atoms. The molecule has 1 aromatic rings. The lowest BCUT2D eigenvalue weighted by atomic mass is 9.91. The monoisotopic (exact) mass is 447 g/mol. The van der Waals surface area contributed by atoms with Crippen LogP contribution in [0, 0.1) is 32.6 Å². The third kappa shape index (κ3) is 5.11. The lowest BCUT2D eigenvalue weighted by Crippen LogP contribution is -2.40. The van der Waals surface area contributed by atoms with E-state index in [0.29, 0.717) is 11.3 Å². The Morgan fingerprint density at radius 3 is 2.03 bits per heavy atom. The molecule has 0 bridgehead atoms. The largest absolute Gasteiger partial charge is 0.513 e. The van der Waals surface area contributed by atoms with Gasteiger partial charge >= 0.3 is 6.16 Å². The molecule has 0 saturated carbocycles. The molecular weight excluding hydrogens is 410 g/mol. The predicted octanol–water partition coefficient (Wildman–Crippen LogP) is 6.45. The molecule has 1 aliphatic rings. The molecule has 0 atom stereocenters. The van der Waals surface area contributed by atoms with Gasteiger partial charge in [-0.3, -0.25) is 9.10 Å². The number of hydrogen-bond donors (Lipinski definition) is 0. The Balaban J connectivity index is 2.58. The van der Waals surface area contributed by atoms with E-state index in [9.17, 15) is 9.59 Å². The van der Waals surface area contributed by atoms with Crippen LogP contribution < -0.4 is 0 Å². The molecule has 0 aliphatic carbocycles. The molecule has 0 fully saturated rings. The van der Waals surface area contributed by atoms with Crippen molar-refractivity contribution in [3.63, 3.8) is 0 Å². The number of ether oxygens (including phenoxy) is 2. The van der Waals surface area contributed by atoms with Crippen molar-refractivity contribution in [2.45, 2.75) is 80.9 Å². The van der Waals surface area contributed by atoms with Gasteiger partial charge in [0.15, 0.2) is 5.76 Å². The first-order valence-corrected chi connectivity index (χ1v) is 12.0. The van der Waals surface area contributed by atoms with Crippen molar-refractivity contribution in [1.82, 2.24) is 4.31 Å². The summed E-state index contributed by atoms with van der Waals surface area (Å²) in [6.45, 7) is 19.9. The van der Waals surface area contributed by atoms with Gasteiger partial charge in [-0.2, -0.15) is 0 Å². The Morgan fingerprint density at radius 2 is 1.58 bits per heavy atom. The predicted molar refractivity (Wildman–Crippen MR) is 128 cm³/mol. The van der Waals surface area contributed by atoms with E-state index in [-0.39, 0.29) is 23.8 Å². The maximum Gasteiger partial charge on any atom is 0.513 e. The fraction of sp³-hybridized carbons (Fsp3) is 0.600. The third-order valence-corrected chi connectivity index (χ3v) is 6.74. The smallest absolute Gasteiger partial charge is 0.430 e. The molecule has 0 unspecified atom stereocenters.